The second kappa shape index (κ2) is 4.11. The zero-order chi connectivity index (χ0) is 10.0. The van der Waals surface area contributed by atoms with E-state index in [1.807, 2.05) is 6.07 Å². The molecule has 0 radical (unpaired) electrons. The van der Waals surface area contributed by atoms with Crippen LogP contribution in [0.25, 0.3) is 0 Å². The fraction of sp³-hybridized carbons (Fsp3) is 0.222. The van der Waals surface area contributed by atoms with Crippen LogP contribution in [-0.4, -0.2) is 11.1 Å². The summed E-state index contributed by atoms with van der Waals surface area (Å²) in [5, 5.41) is 9.79. The van der Waals surface area contributed by atoms with E-state index in [-0.39, 0.29) is 10.6 Å². The molecule has 1 aromatic carbocycles. The van der Waals surface area contributed by atoms with E-state index in [9.17, 15) is 4.79 Å². The number of rotatable bonds is 2. The molecule has 70 valence electrons. The van der Waals surface area contributed by atoms with Gasteiger partial charge in [0.1, 0.15) is 0 Å². The van der Waals surface area contributed by atoms with E-state index in [1.54, 1.807) is 13.0 Å². The highest BCUT2D eigenvalue weighted by Gasteiger charge is 2.13. The van der Waals surface area contributed by atoms with Gasteiger partial charge in [-0.3, -0.25) is 0 Å². The lowest BCUT2D eigenvalue weighted by molar-refractivity contribution is 0.0696. The Kier molecular flexibility index (Phi) is 3.33. The molecule has 2 nitrogen and oxygen atoms in total. The molecule has 13 heavy (non-hydrogen) atoms. The lowest BCUT2D eigenvalue weighted by Gasteiger charge is -2.07. The first-order valence-electron chi connectivity index (χ1n) is 3.65. The number of hydrogen-bond donors (Lipinski definition) is 1. The lowest BCUT2D eigenvalue weighted by Crippen LogP contribution is -2.03. The molecule has 0 aromatic heterocycles. The van der Waals surface area contributed by atoms with Gasteiger partial charge in [-0.2, -0.15) is 0 Å². The van der Waals surface area contributed by atoms with E-state index in [4.69, 9.17) is 16.7 Å². The predicted octanol–water partition coefficient (Wildman–Crippen LogP) is 3.24. The summed E-state index contributed by atoms with van der Waals surface area (Å²) in [4.78, 5) is 10.8. The van der Waals surface area contributed by atoms with Gasteiger partial charge in [0.05, 0.1) is 10.6 Å². The molecule has 0 aliphatic carbocycles. The van der Waals surface area contributed by atoms with E-state index < -0.39 is 5.97 Å². The first kappa shape index (κ1) is 10.5. The van der Waals surface area contributed by atoms with E-state index in [2.05, 4.69) is 15.9 Å². The summed E-state index contributed by atoms with van der Waals surface area (Å²) < 4.78 is 0. The third kappa shape index (κ3) is 2.03. The average molecular weight is 264 g/mol. The van der Waals surface area contributed by atoms with E-state index in [1.165, 1.54) is 0 Å². The molecule has 0 heterocycles. The summed E-state index contributed by atoms with van der Waals surface area (Å²) in [5.41, 5.74) is 1.86. The van der Waals surface area contributed by atoms with Gasteiger partial charge in [-0.1, -0.05) is 33.6 Å². The molecule has 1 rings (SSSR count). The minimum Gasteiger partial charge on any atom is -0.478 e. The van der Waals surface area contributed by atoms with Gasteiger partial charge in [-0.05, 0) is 24.1 Å². The monoisotopic (exact) mass is 262 g/mol. The van der Waals surface area contributed by atoms with Crippen molar-refractivity contribution in [3.63, 3.8) is 0 Å². The predicted molar refractivity (Wildman–Crippen MR) is 55.8 cm³/mol. The summed E-state index contributed by atoms with van der Waals surface area (Å²) in [6.07, 6.45) is 0. The van der Waals surface area contributed by atoms with Crippen LogP contribution in [0, 0.1) is 6.92 Å². The van der Waals surface area contributed by atoms with Gasteiger partial charge < -0.3 is 5.11 Å². The molecule has 4 heteroatoms. The number of hydrogen-bond acceptors (Lipinski definition) is 1. The van der Waals surface area contributed by atoms with Crippen LogP contribution < -0.4 is 0 Å². The fourth-order valence-corrected chi connectivity index (χ4v) is 2.02. The molecular weight excluding hydrogens is 255 g/mol. The maximum Gasteiger partial charge on any atom is 0.337 e. The van der Waals surface area contributed by atoms with Crippen LogP contribution in [0.3, 0.4) is 0 Å². The van der Waals surface area contributed by atoms with Gasteiger partial charge in [0.15, 0.2) is 0 Å². The normalized spacial score (nSPS) is 10.1. The van der Waals surface area contributed by atoms with Gasteiger partial charge in [0.2, 0.25) is 0 Å². The Balaban J connectivity index is 3.38. The Morgan fingerprint density at radius 3 is 2.69 bits per heavy atom. The lowest BCUT2D eigenvalue weighted by atomic mass is 10.0. The minimum absolute atomic E-state index is 0.193. The number of carbonyl (C=O) groups is 1. The first-order valence-corrected chi connectivity index (χ1v) is 5.15. The Hall–Kier alpha value is -0.540. The second-order valence-corrected chi connectivity index (χ2v) is 3.61. The molecule has 0 bridgehead atoms. The van der Waals surface area contributed by atoms with Crippen molar-refractivity contribution in [2.24, 2.45) is 0 Å². The van der Waals surface area contributed by atoms with Crippen molar-refractivity contribution < 1.29 is 9.90 Å². The number of alkyl halides is 1. The van der Waals surface area contributed by atoms with Crippen LogP contribution in [0.4, 0.5) is 0 Å². The third-order valence-corrected chi connectivity index (χ3v) is 2.80. The number of aromatic carboxylic acids is 1. The van der Waals surface area contributed by atoms with Gasteiger partial charge >= 0.3 is 5.97 Å². The zero-order valence-corrected chi connectivity index (χ0v) is 9.32. The number of carboxylic acid groups (broad SMARTS) is 1. The van der Waals surface area contributed by atoms with Crippen LogP contribution in [0.1, 0.15) is 21.5 Å². The molecule has 1 aromatic rings. The number of benzene rings is 1. The maximum atomic E-state index is 10.8. The summed E-state index contributed by atoms with van der Waals surface area (Å²) in [7, 11) is 0. The van der Waals surface area contributed by atoms with Crippen LogP contribution in [0.2, 0.25) is 5.02 Å². The van der Waals surface area contributed by atoms with Gasteiger partial charge in [-0.15, -0.1) is 0 Å². The van der Waals surface area contributed by atoms with Crippen molar-refractivity contribution in [1.82, 2.24) is 0 Å². The van der Waals surface area contributed by atoms with Crippen molar-refractivity contribution >= 4 is 33.5 Å². The maximum absolute atomic E-state index is 10.8. The minimum atomic E-state index is -0.981. The van der Waals surface area contributed by atoms with Crippen LogP contribution >= 0.6 is 27.5 Å². The van der Waals surface area contributed by atoms with E-state index >= 15 is 0 Å². The Morgan fingerprint density at radius 2 is 2.23 bits per heavy atom. The topological polar surface area (TPSA) is 37.3 Å². The van der Waals surface area contributed by atoms with Gasteiger partial charge in [-0.25, -0.2) is 4.79 Å². The standard InChI is InChI=1S/C9H8BrClO2/c1-5-6(4-10)2-3-7(11)8(5)9(12)13/h2-3H,4H2,1H3,(H,12,13). The highest BCUT2D eigenvalue weighted by molar-refractivity contribution is 9.08. The molecule has 0 aliphatic rings. The van der Waals surface area contributed by atoms with Crippen molar-refractivity contribution in [1.29, 1.82) is 0 Å². The molecule has 0 aliphatic heterocycles. The smallest absolute Gasteiger partial charge is 0.337 e. The molecule has 1 N–H and O–H groups in total. The van der Waals surface area contributed by atoms with Crippen molar-refractivity contribution in [2.75, 3.05) is 0 Å². The SMILES string of the molecule is Cc1c(CBr)ccc(Cl)c1C(=O)O. The summed E-state index contributed by atoms with van der Waals surface area (Å²) in [6, 6.07) is 3.42. The van der Waals surface area contributed by atoms with Crippen molar-refractivity contribution in [3.05, 3.63) is 33.8 Å². The number of carboxylic acids is 1. The second-order valence-electron chi connectivity index (χ2n) is 2.65. The largest absolute Gasteiger partial charge is 0.478 e. The Labute approximate surface area is 89.7 Å². The molecule has 0 saturated carbocycles. The average Bonchev–Trinajstić information content (AvgIpc) is 2.04. The summed E-state index contributed by atoms with van der Waals surface area (Å²) in [6.45, 7) is 1.76. The van der Waals surface area contributed by atoms with Crippen LogP contribution in [0.15, 0.2) is 12.1 Å². The third-order valence-electron chi connectivity index (χ3n) is 1.88. The molecule has 0 fully saturated rings. The Morgan fingerprint density at radius 1 is 1.62 bits per heavy atom. The van der Waals surface area contributed by atoms with E-state index in [0.717, 1.165) is 11.1 Å². The zero-order valence-electron chi connectivity index (χ0n) is 6.97. The van der Waals surface area contributed by atoms with Gasteiger partial charge in [0, 0.05) is 5.33 Å². The van der Waals surface area contributed by atoms with Crippen LogP contribution in [0.5, 0.6) is 0 Å². The summed E-state index contributed by atoms with van der Waals surface area (Å²) in [5.74, 6) is -0.981. The molecule has 0 atom stereocenters. The first-order chi connectivity index (χ1) is 6.07. The quantitative estimate of drug-likeness (QED) is 0.832. The molecule has 0 spiro atoms. The molecule has 0 unspecified atom stereocenters. The Bertz CT molecular complexity index is 350. The molecular formula is C9H8BrClO2. The highest BCUT2D eigenvalue weighted by atomic mass is 79.9. The number of halogens is 2. The molecule has 0 saturated heterocycles. The van der Waals surface area contributed by atoms with E-state index in [0.29, 0.717) is 5.33 Å². The van der Waals surface area contributed by atoms with Crippen LogP contribution in [-0.2, 0) is 5.33 Å². The van der Waals surface area contributed by atoms with Crippen molar-refractivity contribution in [3.8, 4) is 0 Å². The van der Waals surface area contributed by atoms with Gasteiger partial charge in [0.25, 0.3) is 0 Å². The molecule has 0 amide bonds. The highest BCUT2D eigenvalue weighted by Crippen LogP contribution is 2.24. The summed E-state index contributed by atoms with van der Waals surface area (Å²) >= 11 is 9.04. The van der Waals surface area contributed by atoms with Crippen molar-refractivity contribution in [2.45, 2.75) is 12.3 Å². The fourth-order valence-electron chi connectivity index (χ4n) is 1.13.